The van der Waals surface area contributed by atoms with E-state index in [9.17, 15) is 9.90 Å². The zero-order chi connectivity index (χ0) is 12.6. The minimum absolute atomic E-state index is 0.744. The molecule has 0 rings (SSSR count). The molecule has 0 unspecified atom stereocenters. The van der Waals surface area contributed by atoms with E-state index in [1.807, 2.05) is 6.92 Å². The van der Waals surface area contributed by atoms with Crippen molar-refractivity contribution in [3.8, 4) is 0 Å². The number of allylic oxidation sites excluding steroid dienone is 1. The Morgan fingerprint density at radius 3 is 2.00 bits per heavy atom. The Morgan fingerprint density at radius 2 is 1.75 bits per heavy atom. The van der Waals surface area contributed by atoms with Gasteiger partial charge in [-0.15, -0.1) is 0 Å². The number of carbonyl (C=O) groups is 1. The summed E-state index contributed by atoms with van der Waals surface area (Å²) in [5.41, 5.74) is 0. The third kappa shape index (κ3) is 23.2. The van der Waals surface area contributed by atoms with Crippen molar-refractivity contribution in [2.24, 2.45) is 0 Å². The van der Waals surface area contributed by atoms with Crippen molar-refractivity contribution < 1.29 is 24.7 Å². The van der Waals surface area contributed by atoms with Gasteiger partial charge in [0.05, 0.1) is 32.3 Å². The molecule has 0 aromatic heterocycles. The van der Waals surface area contributed by atoms with Gasteiger partial charge in [0, 0.05) is 14.2 Å². The predicted molar refractivity (Wildman–Crippen MR) is 59.8 cm³/mol. The Labute approximate surface area is 97.4 Å². The summed E-state index contributed by atoms with van der Waals surface area (Å²) < 4.78 is 9.70. The van der Waals surface area contributed by atoms with Crippen LogP contribution >= 0.6 is 0 Å². The summed E-state index contributed by atoms with van der Waals surface area (Å²) in [6.07, 6.45) is 3.31. The minimum Gasteiger partial charge on any atom is -0.545 e. The van der Waals surface area contributed by atoms with Gasteiger partial charge in [0.1, 0.15) is 0 Å². The maximum atomic E-state index is 9.56. The monoisotopic (exact) mass is 233 g/mol. The Hall–Kier alpha value is -0.910. The van der Waals surface area contributed by atoms with Crippen molar-refractivity contribution in [1.82, 2.24) is 0 Å². The maximum Gasteiger partial charge on any atom is 0.0993 e. The Bertz CT molecular complexity index is 165. The first-order chi connectivity index (χ1) is 7.68. The normalized spacial score (nSPS) is 9.94. The molecule has 0 bridgehead atoms. The topological polar surface area (TPSA) is 75.2 Å². The summed E-state index contributed by atoms with van der Waals surface area (Å²) in [6, 6.07) is 0. The second-order valence-electron chi connectivity index (χ2n) is 2.98. The van der Waals surface area contributed by atoms with Gasteiger partial charge in [-0.2, -0.15) is 0 Å². The molecule has 0 aromatic carbocycles. The van der Waals surface area contributed by atoms with E-state index in [0.717, 1.165) is 38.8 Å². The standard InChI is InChI=1S/C6H15NO2.C5H8O2/c1-8-5-3-7-4-6-9-2;1-2-3-4-5(6)7/h7H,3-6H2,1-2H3;3-4H,2H2,1H3,(H,6,7). The molecule has 0 saturated heterocycles. The molecule has 0 saturated carbocycles. The van der Waals surface area contributed by atoms with Crippen LogP contribution in [0.4, 0.5) is 0 Å². The molecule has 0 heterocycles. The number of methoxy groups -OCH3 is 2. The van der Waals surface area contributed by atoms with Gasteiger partial charge in [0.2, 0.25) is 0 Å². The van der Waals surface area contributed by atoms with E-state index in [0.29, 0.717) is 0 Å². The smallest absolute Gasteiger partial charge is 0.0993 e. The molecule has 5 heteroatoms. The van der Waals surface area contributed by atoms with E-state index in [1.165, 1.54) is 6.08 Å². The van der Waals surface area contributed by atoms with E-state index in [1.54, 1.807) is 14.2 Å². The van der Waals surface area contributed by atoms with Crippen molar-refractivity contribution in [3.05, 3.63) is 12.2 Å². The lowest BCUT2D eigenvalue weighted by molar-refractivity contribution is -0.657. The largest absolute Gasteiger partial charge is 0.545 e. The van der Waals surface area contributed by atoms with E-state index in [4.69, 9.17) is 9.47 Å². The number of ether oxygens (including phenoxy) is 2. The Balaban J connectivity index is 0. The fraction of sp³-hybridized carbons (Fsp3) is 0.727. The second kappa shape index (κ2) is 16.5. The SMILES string of the molecule is CCC=CC(=O)[O-].COCC[NH2+]CCOC. The number of carbonyl (C=O) groups excluding carboxylic acids is 1. The number of hydrogen-bond acceptors (Lipinski definition) is 4. The maximum absolute atomic E-state index is 9.56. The van der Waals surface area contributed by atoms with Gasteiger partial charge >= 0.3 is 0 Å². The van der Waals surface area contributed by atoms with Crippen LogP contribution in [-0.2, 0) is 14.3 Å². The third-order valence-corrected chi connectivity index (χ3v) is 1.54. The zero-order valence-corrected chi connectivity index (χ0v) is 10.4. The van der Waals surface area contributed by atoms with Crippen LogP contribution in [0.15, 0.2) is 12.2 Å². The summed E-state index contributed by atoms with van der Waals surface area (Å²) in [7, 11) is 3.42. The van der Waals surface area contributed by atoms with Gasteiger partial charge in [-0.25, -0.2) is 0 Å². The van der Waals surface area contributed by atoms with Crippen molar-refractivity contribution in [2.75, 3.05) is 40.5 Å². The number of carboxylic acid groups (broad SMARTS) is 1. The molecule has 5 nitrogen and oxygen atoms in total. The average Bonchev–Trinajstić information content (AvgIpc) is 2.27. The van der Waals surface area contributed by atoms with Crippen LogP contribution in [-0.4, -0.2) is 46.5 Å². The molecule has 96 valence electrons. The quantitative estimate of drug-likeness (QED) is 0.411. The molecule has 0 atom stereocenters. The number of nitrogens with two attached hydrogens (primary N) is 1. The zero-order valence-electron chi connectivity index (χ0n) is 10.4. The van der Waals surface area contributed by atoms with Crippen LogP contribution in [0, 0.1) is 0 Å². The highest BCUT2D eigenvalue weighted by molar-refractivity contribution is 5.77. The van der Waals surface area contributed by atoms with Crippen LogP contribution < -0.4 is 10.4 Å². The molecule has 0 aliphatic carbocycles. The number of quaternary nitrogens is 1. The summed E-state index contributed by atoms with van der Waals surface area (Å²) in [5, 5.41) is 11.7. The lowest BCUT2D eigenvalue weighted by atomic mass is 10.4. The molecule has 0 amide bonds. The van der Waals surface area contributed by atoms with Gasteiger partial charge in [0.25, 0.3) is 0 Å². The van der Waals surface area contributed by atoms with Crippen LogP contribution in [0.3, 0.4) is 0 Å². The summed E-state index contributed by atoms with van der Waals surface area (Å²) >= 11 is 0. The Morgan fingerprint density at radius 1 is 1.25 bits per heavy atom. The fourth-order valence-electron chi connectivity index (χ4n) is 0.761. The highest BCUT2D eigenvalue weighted by atomic mass is 16.5. The van der Waals surface area contributed by atoms with Gasteiger partial charge in [-0.3, -0.25) is 0 Å². The molecule has 0 fully saturated rings. The van der Waals surface area contributed by atoms with Gasteiger partial charge in [-0.05, 0) is 12.5 Å². The molecule has 0 radical (unpaired) electrons. The summed E-state index contributed by atoms with van der Waals surface area (Å²) in [5.74, 6) is -1.12. The number of hydrogen-bond donors (Lipinski definition) is 1. The first-order valence-corrected chi connectivity index (χ1v) is 5.36. The lowest BCUT2D eigenvalue weighted by Crippen LogP contribution is -2.86. The highest BCUT2D eigenvalue weighted by Crippen LogP contribution is 1.75. The van der Waals surface area contributed by atoms with Crippen LogP contribution in [0.1, 0.15) is 13.3 Å². The molecule has 16 heavy (non-hydrogen) atoms. The first kappa shape index (κ1) is 17.5. The second-order valence-corrected chi connectivity index (χ2v) is 2.98. The van der Waals surface area contributed by atoms with E-state index >= 15 is 0 Å². The molecule has 0 spiro atoms. The summed E-state index contributed by atoms with van der Waals surface area (Å²) in [4.78, 5) is 9.56. The van der Waals surface area contributed by atoms with Gasteiger partial charge in [0.15, 0.2) is 0 Å². The van der Waals surface area contributed by atoms with Crippen LogP contribution in [0.5, 0.6) is 0 Å². The molecule has 0 aromatic rings. The van der Waals surface area contributed by atoms with E-state index in [2.05, 4.69) is 5.32 Å². The molecule has 0 aliphatic rings. The molecular formula is C11H23NO4. The average molecular weight is 233 g/mol. The van der Waals surface area contributed by atoms with Gasteiger partial charge < -0.3 is 24.7 Å². The van der Waals surface area contributed by atoms with Gasteiger partial charge in [-0.1, -0.05) is 13.0 Å². The van der Waals surface area contributed by atoms with Crippen molar-refractivity contribution in [1.29, 1.82) is 0 Å². The Kier molecular flexibility index (Phi) is 18.0. The molecule has 0 aliphatic heterocycles. The van der Waals surface area contributed by atoms with E-state index in [-0.39, 0.29) is 0 Å². The molecular weight excluding hydrogens is 210 g/mol. The summed E-state index contributed by atoms with van der Waals surface area (Å²) in [6.45, 7) is 5.56. The van der Waals surface area contributed by atoms with Crippen molar-refractivity contribution in [3.63, 3.8) is 0 Å². The van der Waals surface area contributed by atoms with Crippen LogP contribution in [0.25, 0.3) is 0 Å². The van der Waals surface area contributed by atoms with E-state index < -0.39 is 5.97 Å². The van der Waals surface area contributed by atoms with Crippen molar-refractivity contribution >= 4 is 5.97 Å². The third-order valence-electron chi connectivity index (χ3n) is 1.54. The first-order valence-electron chi connectivity index (χ1n) is 5.36. The number of rotatable bonds is 8. The lowest BCUT2D eigenvalue weighted by Gasteiger charge is -1.98. The fourth-order valence-corrected chi connectivity index (χ4v) is 0.761. The van der Waals surface area contributed by atoms with Crippen LogP contribution in [0.2, 0.25) is 0 Å². The minimum atomic E-state index is -1.12. The number of aliphatic carboxylic acids is 1. The highest BCUT2D eigenvalue weighted by Gasteiger charge is 1.86. The number of carboxylic acids is 1. The van der Waals surface area contributed by atoms with Crippen molar-refractivity contribution in [2.45, 2.75) is 13.3 Å². The predicted octanol–water partition coefficient (Wildman–Crippen LogP) is -1.45. The molecule has 2 N–H and O–H groups in total.